The number of nitrogens with zero attached hydrogens (tertiary/aromatic N) is 3. The Kier molecular flexibility index (Phi) is 7.77. The van der Waals surface area contributed by atoms with Crippen LogP contribution < -0.4 is 0 Å². The van der Waals surface area contributed by atoms with Crippen molar-refractivity contribution in [2.45, 2.75) is 56.8 Å². The first-order valence-corrected chi connectivity index (χ1v) is 11.7. The molecule has 0 aromatic rings. The number of fused-ring (bicyclic) bond motifs is 1. The maximum absolute atomic E-state index is 13.8. The van der Waals surface area contributed by atoms with Crippen LogP contribution in [0.1, 0.15) is 39.0 Å². The number of hydrogen-bond donors (Lipinski definition) is 1. The molecule has 3 aliphatic rings. The molecule has 0 aliphatic carbocycles. The Morgan fingerprint density at radius 3 is 2.59 bits per heavy atom. The number of β-amino-alcohol motifs (C(OH)–C–C–N with tert-alkyl or cyclic N) is 1. The van der Waals surface area contributed by atoms with E-state index in [0.717, 1.165) is 19.3 Å². The number of hydrogen-bond acceptors (Lipinski definition) is 5. The molecule has 0 aromatic heterocycles. The predicted octanol–water partition coefficient (Wildman–Crippen LogP) is 1.20. The number of rotatable bonds is 12. The zero-order valence-corrected chi connectivity index (χ0v) is 19.4. The summed E-state index contributed by atoms with van der Waals surface area (Å²) in [5, 5.41) is 9.66. The third kappa shape index (κ3) is 3.99. The van der Waals surface area contributed by atoms with E-state index in [0.29, 0.717) is 32.5 Å². The van der Waals surface area contributed by atoms with Crippen molar-refractivity contribution in [3.63, 3.8) is 0 Å². The van der Waals surface area contributed by atoms with Gasteiger partial charge in [0.05, 0.1) is 24.5 Å². The molecule has 1 spiro atoms. The maximum atomic E-state index is 13.8. The van der Waals surface area contributed by atoms with E-state index in [2.05, 4.69) is 20.1 Å². The normalized spacial score (nSPS) is 30.3. The van der Waals surface area contributed by atoms with E-state index in [1.807, 2.05) is 0 Å². The van der Waals surface area contributed by atoms with Crippen molar-refractivity contribution in [3.8, 4) is 0 Å². The molecule has 8 heteroatoms. The van der Waals surface area contributed by atoms with Gasteiger partial charge >= 0.3 is 0 Å². The second-order valence-electron chi connectivity index (χ2n) is 9.10. The zero-order chi connectivity index (χ0) is 23.5. The van der Waals surface area contributed by atoms with E-state index in [-0.39, 0.29) is 37.0 Å². The number of likely N-dealkylation sites (tertiary alicyclic amines) is 1. The number of aliphatic hydroxyl groups excluding tert-OH is 1. The van der Waals surface area contributed by atoms with Gasteiger partial charge in [-0.3, -0.25) is 14.4 Å². The molecular formula is C24H37N3O5. The molecule has 5 atom stereocenters. The molecule has 32 heavy (non-hydrogen) atoms. The van der Waals surface area contributed by atoms with E-state index in [1.165, 1.54) is 4.90 Å². The number of aliphatic hydroxyl groups is 1. The SMILES string of the molecule is C=CCN(C)C(=O)[C@@H]1[C@H]2C(=O)N(CCO)C(C(=O)N(CC=C)CCCCC)C23CC[C@H]1O3. The lowest BCUT2D eigenvalue weighted by Gasteiger charge is -2.36. The summed E-state index contributed by atoms with van der Waals surface area (Å²) in [5.74, 6) is -1.93. The van der Waals surface area contributed by atoms with Crippen LogP contribution in [0.2, 0.25) is 0 Å². The molecule has 0 saturated carbocycles. The number of carbonyl (C=O) groups is 3. The summed E-state index contributed by atoms with van der Waals surface area (Å²) in [6.45, 7) is 10.7. The third-order valence-electron chi connectivity index (χ3n) is 7.13. The fourth-order valence-corrected chi connectivity index (χ4v) is 5.77. The van der Waals surface area contributed by atoms with Crippen molar-refractivity contribution in [2.75, 3.05) is 39.8 Å². The molecule has 3 rings (SSSR count). The Balaban J connectivity index is 1.95. The van der Waals surface area contributed by atoms with Crippen molar-refractivity contribution in [2.24, 2.45) is 11.8 Å². The Bertz CT molecular complexity index is 756. The zero-order valence-electron chi connectivity index (χ0n) is 19.4. The van der Waals surface area contributed by atoms with Gasteiger partial charge in [-0.15, -0.1) is 13.2 Å². The first-order chi connectivity index (χ1) is 15.4. The van der Waals surface area contributed by atoms with Gasteiger partial charge in [0.25, 0.3) is 0 Å². The molecule has 3 heterocycles. The van der Waals surface area contributed by atoms with Crippen molar-refractivity contribution >= 4 is 17.7 Å². The highest BCUT2D eigenvalue weighted by Crippen LogP contribution is 2.58. The Morgan fingerprint density at radius 2 is 1.97 bits per heavy atom. The van der Waals surface area contributed by atoms with E-state index >= 15 is 0 Å². The summed E-state index contributed by atoms with van der Waals surface area (Å²) >= 11 is 0. The first-order valence-electron chi connectivity index (χ1n) is 11.7. The average molecular weight is 448 g/mol. The second-order valence-corrected chi connectivity index (χ2v) is 9.10. The highest BCUT2D eigenvalue weighted by Gasteiger charge is 2.74. The van der Waals surface area contributed by atoms with Crippen LogP contribution in [-0.2, 0) is 19.1 Å². The molecule has 178 valence electrons. The first kappa shape index (κ1) is 24.5. The van der Waals surface area contributed by atoms with Crippen molar-refractivity contribution in [1.82, 2.24) is 14.7 Å². The van der Waals surface area contributed by atoms with Crippen LogP contribution in [-0.4, -0.2) is 95.1 Å². The molecular weight excluding hydrogens is 410 g/mol. The van der Waals surface area contributed by atoms with Gasteiger partial charge in [-0.1, -0.05) is 31.9 Å². The molecule has 8 nitrogen and oxygen atoms in total. The molecule has 3 saturated heterocycles. The smallest absolute Gasteiger partial charge is 0.248 e. The summed E-state index contributed by atoms with van der Waals surface area (Å²) in [4.78, 5) is 45.4. The third-order valence-corrected chi connectivity index (χ3v) is 7.13. The van der Waals surface area contributed by atoms with Crippen LogP contribution in [0.5, 0.6) is 0 Å². The summed E-state index contributed by atoms with van der Waals surface area (Å²) in [6, 6.07) is -0.832. The van der Waals surface area contributed by atoms with Crippen molar-refractivity contribution in [3.05, 3.63) is 25.3 Å². The lowest BCUT2D eigenvalue weighted by atomic mass is 9.70. The lowest BCUT2D eigenvalue weighted by molar-refractivity contribution is -0.148. The number of amides is 3. The second kappa shape index (κ2) is 10.2. The van der Waals surface area contributed by atoms with Crippen LogP contribution in [0.4, 0.5) is 0 Å². The molecule has 0 radical (unpaired) electrons. The number of likely N-dealkylation sites (N-methyl/N-ethyl adjacent to an activating group) is 1. The largest absolute Gasteiger partial charge is 0.395 e. The molecule has 3 aliphatic heterocycles. The van der Waals surface area contributed by atoms with Gasteiger partial charge < -0.3 is 24.5 Å². The van der Waals surface area contributed by atoms with Crippen LogP contribution in [0.25, 0.3) is 0 Å². The monoisotopic (exact) mass is 447 g/mol. The highest BCUT2D eigenvalue weighted by molar-refractivity contribution is 5.99. The van der Waals surface area contributed by atoms with Gasteiger partial charge in [-0.05, 0) is 19.3 Å². The predicted molar refractivity (Wildman–Crippen MR) is 121 cm³/mol. The molecule has 2 unspecified atom stereocenters. The van der Waals surface area contributed by atoms with Gasteiger partial charge in [0, 0.05) is 33.2 Å². The average Bonchev–Trinajstić information content (AvgIpc) is 3.41. The lowest BCUT2D eigenvalue weighted by Crippen LogP contribution is -2.56. The molecule has 3 amide bonds. The Labute approximate surface area is 190 Å². The van der Waals surface area contributed by atoms with Gasteiger partial charge in [-0.25, -0.2) is 0 Å². The molecule has 1 N–H and O–H groups in total. The highest BCUT2D eigenvalue weighted by atomic mass is 16.5. The van der Waals surface area contributed by atoms with E-state index in [1.54, 1.807) is 29.0 Å². The summed E-state index contributed by atoms with van der Waals surface area (Å²) in [7, 11) is 1.69. The van der Waals surface area contributed by atoms with Gasteiger partial charge in [0.1, 0.15) is 11.6 Å². The minimum atomic E-state index is -1.02. The summed E-state index contributed by atoms with van der Waals surface area (Å²) in [6.07, 6.45) is 7.06. The number of ether oxygens (including phenoxy) is 1. The number of unbranched alkanes of at least 4 members (excludes halogenated alkanes) is 2. The minimum absolute atomic E-state index is 0.0435. The van der Waals surface area contributed by atoms with Gasteiger partial charge in [0.2, 0.25) is 17.7 Å². The quantitative estimate of drug-likeness (QED) is 0.359. The van der Waals surface area contributed by atoms with Crippen molar-refractivity contribution < 1.29 is 24.2 Å². The molecule has 3 fully saturated rings. The van der Waals surface area contributed by atoms with E-state index in [4.69, 9.17) is 4.74 Å². The van der Waals surface area contributed by atoms with Gasteiger partial charge in [-0.2, -0.15) is 0 Å². The minimum Gasteiger partial charge on any atom is -0.395 e. The molecule has 2 bridgehead atoms. The molecule has 0 aromatic carbocycles. The maximum Gasteiger partial charge on any atom is 0.248 e. The van der Waals surface area contributed by atoms with Crippen LogP contribution >= 0.6 is 0 Å². The Morgan fingerprint density at radius 1 is 1.25 bits per heavy atom. The van der Waals surface area contributed by atoms with Crippen LogP contribution in [0.15, 0.2) is 25.3 Å². The van der Waals surface area contributed by atoms with E-state index in [9.17, 15) is 19.5 Å². The Hall–Kier alpha value is -2.19. The van der Waals surface area contributed by atoms with E-state index < -0.39 is 23.5 Å². The van der Waals surface area contributed by atoms with Crippen LogP contribution in [0, 0.1) is 11.8 Å². The fraction of sp³-hybridized carbons (Fsp3) is 0.708. The summed E-state index contributed by atoms with van der Waals surface area (Å²) < 4.78 is 6.39. The fourth-order valence-electron chi connectivity index (χ4n) is 5.77. The summed E-state index contributed by atoms with van der Waals surface area (Å²) in [5.41, 5.74) is -1.02. The number of carbonyl (C=O) groups excluding carboxylic acids is 3. The topological polar surface area (TPSA) is 90.4 Å². The van der Waals surface area contributed by atoms with Gasteiger partial charge in [0.15, 0.2) is 0 Å². The standard InChI is InChI=1S/C24H37N3O5/c1-5-8-9-14-26(13-7-3)23(31)20-24-11-10-17(32-24)18(21(29)25(4)12-6-2)19(24)22(30)27(20)15-16-28/h6-7,17-20,28H,2-3,5,8-16H2,1,4H3/t17-,18+,19+,20?,24?/m1/s1. The van der Waals surface area contributed by atoms with Crippen molar-refractivity contribution in [1.29, 1.82) is 0 Å². The van der Waals surface area contributed by atoms with Crippen LogP contribution in [0.3, 0.4) is 0 Å².